The Balaban J connectivity index is 2.45. The van der Waals surface area contributed by atoms with E-state index in [1.54, 1.807) is 49.6 Å². The number of hydrogen-bond acceptors (Lipinski definition) is 6. The van der Waals surface area contributed by atoms with Gasteiger partial charge in [-0.25, -0.2) is 8.42 Å². The van der Waals surface area contributed by atoms with Crippen LogP contribution in [0.2, 0.25) is 0 Å². The zero-order valence-corrected chi connectivity index (χ0v) is 21.8. The van der Waals surface area contributed by atoms with Crippen molar-refractivity contribution in [2.75, 3.05) is 37.9 Å². The van der Waals surface area contributed by atoms with Crippen LogP contribution in [0.5, 0.6) is 11.5 Å². The minimum absolute atomic E-state index is 0.115. The predicted octanol–water partition coefficient (Wildman–Crippen LogP) is 2.80. The summed E-state index contributed by atoms with van der Waals surface area (Å²) in [5, 5.41) is 2.85. The second kappa shape index (κ2) is 13.0. The Kier molecular flexibility index (Phi) is 10.4. The van der Waals surface area contributed by atoms with Gasteiger partial charge in [0.05, 0.1) is 26.2 Å². The van der Waals surface area contributed by atoms with E-state index in [1.165, 1.54) is 12.0 Å². The van der Waals surface area contributed by atoms with Gasteiger partial charge in [-0.15, -0.1) is 0 Å². The SMILES string of the molecule is CCCNC(=O)[C@H](CC)N(Cc1cccc(OC)c1)C(=O)CN(c1cccc(OC)c1)S(C)(=O)=O. The highest BCUT2D eigenvalue weighted by atomic mass is 32.2. The van der Waals surface area contributed by atoms with Crippen molar-refractivity contribution in [1.29, 1.82) is 0 Å². The summed E-state index contributed by atoms with van der Waals surface area (Å²) in [5.74, 6) is 0.298. The summed E-state index contributed by atoms with van der Waals surface area (Å²) in [6, 6.07) is 12.9. The Morgan fingerprint density at radius 1 is 1.00 bits per heavy atom. The molecule has 1 atom stereocenters. The number of nitrogens with one attached hydrogen (secondary N) is 1. The number of rotatable bonds is 13. The number of amides is 2. The molecule has 9 nitrogen and oxygen atoms in total. The molecule has 35 heavy (non-hydrogen) atoms. The summed E-state index contributed by atoms with van der Waals surface area (Å²) >= 11 is 0. The van der Waals surface area contributed by atoms with Crippen LogP contribution in [0, 0.1) is 0 Å². The molecule has 2 aromatic rings. The molecule has 0 saturated heterocycles. The molecule has 0 aliphatic carbocycles. The second-order valence-corrected chi connectivity index (χ2v) is 9.97. The van der Waals surface area contributed by atoms with E-state index in [0.29, 0.717) is 30.2 Å². The molecule has 10 heteroatoms. The van der Waals surface area contributed by atoms with Crippen LogP contribution >= 0.6 is 0 Å². The summed E-state index contributed by atoms with van der Waals surface area (Å²) in [5.41, 5.74) is 1.05. The molecule has 0 aliphatic rings. The summed E-state index contributed by atoms with van der Waals surface area (Å²) in [6.45, 7) is 3.89. The Morgan fingerprint density at radius 3 is 2.20 bits per heavy atom. The van der Waals surface area contributed by atoms with E-state index >= 15 is 0 Å². The molecule has 0 bridgehead atoms. The zero-order valence-electron chi connectivity index (χ0n) is 21.0. The fourth-order valence-electron chi connectivity index (χ4n) is 3.63. The number of methoxy groups -OCH3 is 2. The monoisotopic (exact) mass is 505 g/mol. The lowest BCUT2D eigenvalue weighted by Crippen LogP contribution is -2.52. The van der Waals surface area contributed by atoms with Crippen molar-refractivity contribution in [2.45, 2.75) is 39.3 Å². The maximum Gasteiger partial charge on any atom is 0.244 e. The van der Waals surface area contributed by atoms with Gasteiger partial charge in [0.1, 0.15) is 24.1 Å². The van der Waals surface area contributed by atoms with Gasteiger partial charge in [-0.2, -0.15) is 0 Å². The summed E-state index contributed by atoms with van der Waals surface area (Å²) in [4.78, 5) is 28.0. The molecule has 2 aromatic carbocycles. The second-order valence-electron chi connectivity index (χ2n) is 8.06. The fourth-order valence-corrected chi connectivity index (χ4v) is 4.47. The molecule has 0 spiro atoms. The number of carbonyl (C=O) groups excluding carboxylic acids is 2. The minimum Gasteiger partial charge on any atom is -0.497 e. The van der Waals surface area contributed by atoms with Gasteiger partial charge in [-0.1, -0.05) is 32.0 Å². The first kappa shape index (κ1) is 28.0. The summed E-state index contributed by atoms with van der Waals surface area (Å²) in [6.07, 6.45) is 2.16. The maximum atomic E-state index is 13.6. The molecule has 2 amide bonds. The van der Waals surface area contributed by atoms with Crippen LogP contribution in [0.3, 0.4) is 0 Å². The Bertz CT molecular complexity index is 1110. The third-order valence-corrected chi connectivity index (χ3v) is 6.58. The summed E-state index contributed by atoms with van der Waals surface area (Å²) in [7, 11) is -0.786. The molecule has 0 unspecified atom stereocenters. The van der Waals surface area contributed by atoms with Crippen LogP contribution in [0.25, 0.3) is 0 Å². The van der Waals surface area contributed by atoms with E-state index in [-0.39, 0.29) is 12.5 Å². The van der Waals surface area contributed by atoms with Gasteiger partial charge in [-0.05, 0) is 42.7 Å². The van der Waals surface area contributed by atoms with Crippen LogP contribution in [0.4, 0.5) is 5.69 Å². The maximum absolute atomic E-state index is 13.6. The van der Waals surface area contributed by atoms with Gasteiger partial charge in [-0.3, -0.25) is 13.9 Å². The van der Waals surface area contributed by atoms with Crippen molar-refractivity contribution in [3.8, 4) is 11.5 Å². The molecular formula is C25H35N3O6S. The molecule has 0 aromatic heterocycles. The van der Waals surface area contributed by atoms with E-state index in [9.17, 15) is 18.0 Å². The Labute approximate surface area is 208 Å². The van der Waals surface area contributed by atoms with Gasteiger partial charge in [0.15, 0.2) is 0 Å². The van der Waals surface area contributed by atoms with E-state index in [0.717, 1.165) is 22.5 Å². The Morgan fingerprint density at radius 2 is 1.63 bits per heavy atom. The van der Waals surface area contributed by atoms with E-state index in [4.69, 9.17) is 9.47 Å². The van der Waals surface area contributed by atoms with Crippen molar-refractivity contribution in [2.24, 2.45) is 0 Å². The van der Waals surface area contributed by atoms with Crippen molar-refractivity contribution < 1.29 is 27.5 Å². The van der Waals surface area contributed by atoms with Gasteiger partial charge in [0.2, 0.25) is 21.8 Å². The quantitative estimate of drug-likeness (QED) is 0.449. The van der Waals surface area contributed by atoms with E-state index < -0.39 is 28.5 Å². The predicted molar refractivity (Wildman–Crippen MR) is 136 cm³/mol. The van der Waals surface area contributed by atoms with Crippen molar-refractivity contribution in [3.63, 3.8) is 0 Å². The first-order valence-electron chi connectivity index (χ1n) is 11.5. The molecule has 1 N–H and O–H groups in total. The van der Waals surface area contributed by atoms with Gasteiger partial charge in [0, 0.05) is 19.2 Å². The van der Waals surface area contributed by atoms with Crippen LogP contribution in [0.1, 0.15) is 32.3 Å². The number of sulfonamides is 1. The molecule has 192 valence electrons. The van der Waals surface area contributed by atoms with E-state index in [1.807, 2.05) is 19.9 Å². The lowest BCUT2D eigenvalue weighted by molar-refractivity contribution is -0.140. The highest BCUT2D eigenvalue weighted by Crippen LogP contribution is 2.24. The van der Waals surface area contributed by atoms with Crippen molar-refractivity contribution >= 4 is 27.5 Å². The molecule has 0 saturated carbocycles. The average molecular weight is 506 g/mol. The van der Waals surface area contributed by atoms with Gasteiger partial charge in [0.25, 0.3) is 0 Å². The van der Waals surface area contributed by atoms with Crippen molar-refractivity contribution in [1.82, 2.24) is 10.2 Å². The summed E-state index contributed by atoms with van der Waals surface area (Å²) < 4.78 is 36.9. The number of anilines is 1. The molecular weight excluding hydrogens is 470 g/mol. The topological polar surface area (TPSA) is 105 Å². The van der Waals surface area contributed by atoms with Crippen LogP contribution in [-0.2, 0) is 26.2 Å². The number of nitrogens with zero attached hydrogens (tertiary/aromatic N) is 2. The number of ether oxygens (including phenoxy) is 2. The number of hydrogen-bond donors (Lipinski definition) is 1. The van der Waals surface area contributed by atoms with Crippen LogP contribution in [-0.4, -0.2) is 64.7 Å². The van der Waals surface area contributed by atoms with Crippen LogP contribution in [0.15, 0.2) is 48.5 Å². The number of benzene rings is 2. The smallest absolute Gasteiger partial charge is 0.244 e. The van der Waals surface area contributed by atoms with Gasteiger partial charge < -0.3 is 19.7 Å². The lowest BCUT2D eigenvalue weighted by atomic mass is 10.1. The normalized spacial score (nSPS) is 11.9. The first-order chi connectivity index (χ1) is 16.6. The lowest BCUT2D eigenvalue weighted by Gasteiger charge is -2.33. The third-order valence-electron chi connectivity index (χ3n) is 5.44. The van der Waals surface area contributed by atoms with Crippen LogP contribution < -0.4 is 19.1 Å². The molecule has 0 radical (unpaired) electrons. The zero-order chi connectivity index (χ0) is 26.0. The molecule has 0 aliphatic heterocycles. The minimum atomic E-state index is -3.81. The van der Waals surface area contributed by atoms with Gasteiger partial charge >= 0.3 is 0 Å². The molecule has 0 fully saturated rings. The molecule has 0 heterocycles. The average Bonchev–Trinajstić information content (AvgIpc) is 2.85. The third kappa shape index (κ3) is 7.88. The number of carbonyl (C=O) groups is 2. The van der Waals surface area contributed by atoms with E-state index in [2.05, 4.69) is 5.32 Å². The Hall–Kier alpha value is -3.27. The largest absolute Gasteiger partial charge is 0.497 e. The fraction of sp³-hybridized carbons (Fsp3) is 0.440. The van der Waals surface area contributed by atoms with Crippen molar-refractivity contribution in [3.05, 3.63) is 54.1 Å². The molecule has 2 rings (SSSR count). The standard InChI is InChI=1S/C25H35N3O6S/c1-6-14-26-25(30)23(7-2)27(17-19-10-8-12-21(15-19)33-3)24(29)18-28(35(5,31)32)20-11-9-13-22(16-20)34-4/h8-13,15-16,23H,6-7,14,17-18H2,1-5H3,(H,26,30)/t23-/m0/s1. The first-order valence-corrected chi connectivity index (χ1v) is 13.3. The highest BCUT2D eigenvalue weighted by Gasteiger charge is 2.31. The highest BCUT2D eigenvalue weighted by molar-refractivity contribution is 7.92.